The van der Waals surface area contributed by atoms with Gasteiger partial charge in [-0.2, -0.15) is 0 Å². The van der Waals surface area contributed by atoms with Gasteiger partial charge in [0.2, 0.25) is 0 Å². The number of aryl methyl sites for hydroxylation is 1. The van der Waals surface area contributed by atoms with Gasteiger partial charge in [0, 0.05) is 54.0 Å². The number of amides is 1. The average Bonchev–Trinajstić information content (AvgIpc) is 2.91. The van der Waals surface area contributed by atoms with Gasteiger partial charge in [-0.25, -0.2) is 0 Å². The van der Waals surface area contributed by atoms with Crippen molar-refractivity contribution in [3.8, 4) is 11.5 Å². The lowest BCUT2D eigenvalue weighted by molar-refractivity contribution is -0.118. The summed E-state index contributed by atoms with van der Waals surface area (Å²) in [5.74, 6) is 0.466. The molecule has 5 rings (SSSR count). The number of rotatable bonds is 7. The molecule has 1 N–H and O–H groups in total. The van der Waals surface area contributed by atoms with E-state index < -0.39 is 5.92 Å². The van der Waals surface area contributed by atoms with Crippen LogP contribution in [0.2, 0.25) is 0 Å². The summed E-state index contributed by atoms with van der Waals surface area (Å²) in [6.07, 6.45) is 4.30. The Morgan fingerprint density at radius 3 is 2.13 bits per heavy atom. The zero-order chi connectivity index (χ0) is 26.8. The van der Waals surface area contributed by atoms with Gasteiger partial charge in [0.25, 0.3) is 5.91 Å². The lowest BCUT2D eigenvalue weighted by atomic mass is 9.71. The van der Waals surface area contributed by atoms with Gasteiger partial charge in [0.05, 0.1) is 6.61 Å². The number of nitrogens with one attached hydrogen (secondary N) is 1. The van der Waals surface area contributed by atoms with Crippen LogP contribution < -0.4 is 14.8 Å². The summed E-state index contributed by atoms with van der Waals surface area (Å²) in [6.45, 7) is 4.10. The summed E-state index contributed by atoms with van der Waals surface area (Å²) >= 11 is 0. The van der Waals surface area contributed by atoms with E-state index in [1.807, 2.05) is 57.3 Å². The highest BCUT2D eigenvalue weighted by atomic mass is 16.5. The maximum absolute atomic E-state index is 13.2. The van der Waals surface area contributed by atoms with Crippen molar-refractivity contribution >= 4 is 23.2 Å². The van der Waals surface area contributed by atoms with Crippen molar-refractivity contribution in [1.29, 1.82) is 0 Å². The second-order valence-electron chi connectivity index (χ2n) is 10.1. The molecule has 0 radical (unpaired) electrons. The topological polar surface area (TPSA) is 84.9 Å². The van der Waals surface area contributed by atoms with Crippen molar-refractivity contribution in [2.75, 3.05) is 25.6 Å². The van der Waals surface area contributed by atoms with Gasteiger partial charge in [-0.3, -0.25) is 14.4 Å². The van der Waals surface area contributed by atoms with Gasteiger partial charge in [0.1, 0.15) is 0 Å². The predicted molar refractivity (Wildman–Crippen MR) is 145 cm³/mol. The number of Topliss-reactive ketones (excluding diaryl/α,β-unsaturated/α-hetero) is 2. The van der Waals surface area contributed by atoms with E-state index in [4.69, 9.17) is 9.47 Å². The Hall–Kier alpha value is -3.87. The number of allylic oxidation sites excluding steroid dienone is 4. The Morgan fingerprint density at radius 2 is 1.53 bits per heavy atom. The standard InChI is InChI=1S/C31H34N2O5/c1-4-37-27-17-20(13-16-26(27)38-18-28(36)32-21-14-11-19(2)12-15-21)29-30-22(7-5-9-24(30)34)33(3)23-8-6-10-25(35)31(23)29/h11-17,29H,4-10,18H2,1-3H3,(H,32,36). The van der Waals surface area contributed by atoms with Crippen LogP contribution in [0.4, 0.5) is 5.69 Å². The molecule has 7 heteroatoms. The molecule has 2 aliphatic carbocycles. The molecule has 0 aromatic heterocycles. The van der Waals surface area contributed by atoms with Crippen molar-refractivity contribution in [3.63, 3.8) is 0 Å². The molecule has 7 nitrogen and oxygen atoms in total. The third kappa shape index (κ3) is 4.97. The highest BCUT2D eigenvalue weighted by Gasteiger charge is 2.42. The monoisotopic (exact) mass is 514 g/mol. The molecule has 0 saturated carbocycles. The van der Waals surface area contributed by atoms with Crippen molar-refractivity contribution in [1.82, 2.24) is 4.90 Å². The predicted octanol–water partition coefficient (Wildman–Crippen LogP) is 5.45. The molecule has 2 aromatic carbocycles. The van der Waals surface area contributed by atoms with E-state index in [0.29, 0.717) is 36.6 Å². The second kappa shape index (κ2) is 10.9. The maximum atomic E-state index is 13.2. The van der Waals surface area contributed by atoms with Crippen molar-refractivity contribution in [2.45, 2.75) is 58.3 Å². The van der Waals surface area contributed by atoms with Gasteiger partial charge in [0.15, 0.2) is 29.7 Å². The number of carbonyl (C=O) groups excluding carboxylic acids is 3. The molecule has 0 bridgehead atoms. The molecular weight excluding hydrogens is 480 g/mol. The minimum absolute atomic E-state index is 0.110. The first-order valence-electron chi connectivity index (χ1n) is 13.4. The van der Waals surface area contributed by atoms with Crippen LogP contribution in [0.3, 0.4) is 0 Å². The molecular formula is C31H34N2O5. The molecule has 3 aliphatic rings. The minimum Gasteiger partial charge on any atom is -0.490 e. The van der Waals surface area contributed by atoms with E-state index in [9.17, 15) is 14.4 Å². The first-order valence-corrected chi connectivity index (χ1v) is 13.4. The molecule has 1 amide bonds. The highest BCUT2D eigenvalue weighted by molar-refractivity contribution is 6.06. The van der Waals surface area contributed by atoms with Crippen LogP contribution in [0.5, 0.6) is 11.5 Å². The number of nitrogens with zero attached hydrogens (tertiary/aromatic N) is 1. The molecule has 0 atom stereocenters. The normalized spacial score (nSPS) is 17.8. The third-order valence-electron chi connectivity index (χ3n) is 7.54. The number of benzene rings is 2. The number of anilines is 1. The Balaban J connectivity index is 1.45. The first kappa shape index (κ1) is 25.8. The molecule has 0 fully saturated rings. The van der Waals surface area contributed by atoms with E-state index in [-0.39, 0.29) is 24.1 Å². The molecule has 2 aromatic rings. The summed E-state index contributed by atoms with van der Waals surface area (Å²) in [7, 11) is 1.99. The SMILES string of the molecule is CCOc1cc(C2C3=C(CCCC3=O)N(C)C3=C2C(=O)CCC3)ccc1OCC(=O)Nc1ccc(C)cc1. The zero-order valence-corrected chi connectivity index (χ0v) is 22.3. The number of carbonyl (C=O) groups is 3. The van der Waals surface area contributed by atoms with Crippen LogP contribution in [-0.2, 0) is 14.4 Å². The van der Waals surface area contributed by atoms with Crippen LogP contribution in [-0.4, -0.2) is 42.6 Å². The number of hydrogen-bond acceptors (Lipinski definition) is 6. The lowest BCUT2D eigenvalue weighted by Crippen LogP contribution is -2.37. The molecule has 0 spiro atoms. The van der Waals surface area contributed by atoms with Gasteiger partial charge in [-0.15, -0.1) is 0 Å². The van der Waals surface area contributed by atoms with Crippen molar-refractivity contribution in [2.24, 2.45) is 0 Å². The van der Waals surface area contributed by atoms with E-state index in [0.717, 1.165) is 59.4 Å². The number of hydrogen-bond donors (Lipinski definition) is 1. The van der Waals surface area contributed by atoms with E-state index in [1.165, 1.54) is 0 Å². The van der Waals surface area contributed by atoms with Crippen LogP contribution in [0, 0.1) is 6.92 Å². The van der Waals surface area contributed by atoms with Crippen LogP contribution >= 0.6 is 0 Å². The maximum Gasteiger partial charge on any atom is 0.262 e. The van der Waals surface area contributed by atoms with E-state index in [2.05, 4.69) is 10.2 Å². The fourth-order valence-corrected chi connectivity index (χ4v) is 5.75. The second-order valence-corrected chi connectivity index (χ2v) is 10.1. The number of ether oxygens (including phenoxy) is 2. The third-order valence-corrected chi connectivity index (χ3v) is 7.54. The lowest BCUT2D eigenvalue weighted by Gasteiger charge is -2.42. The molecule has 198 valence electrons. The summed E-state index contributed by atoms with van der Waals surface area (Å²) in [5, 5.41) is 2.83. The molecule has 0 unspecified atom stereocenters. The first-order chi connectivity index (χ1) is 18.4. The summed E-state index contributed by atoms with van der Waals surface area (Å²) in [5.41, 5.74) is 6.19. The van der Waals surface area contributed by atoms with Crippen molar-refractivity contribution in [3.05, 3.63) is 76.1 Å². The van der Waals surface area contributed by atoms with Crippen LogP contribution in [0.15, 0.2) is 65.0 Å². The van der Waals surface area contributed by atoms with Crippen molar-refractivity contribution < 1.29 is 23.9 Å². The fourth-order valence-electron chi connectivity index (χ4n) is 5.75. The average molecular weight is 515 g/mol. The summed E-state index contributed by atoms with van der Waals surface area (Å²) < 4.78 is 11.8. The molecule has 1 heterocycles. The Bertz CT molecular complexity index is 1290. The Labute approximate surface area is 223 Å². The summed E-state index contributed by atoms with van der Waals surface area (Å²) in [6, 6.07) is 13.1. The smallest absolute Gasteiger partial charge is 0.262 e. The van der Waals surface area contributed by atoms with Gasteiger partial charge in [-0.1, -0.05) is 23.8 Å². The van der Waals surface area contributed by atoms with Crippen LogP contribution in [0.1, 0.15) is 62.5 Å². The summed E-state index contributed by atoms with van der Waals surface area (Å²) in [4.78, 5) is 41.1. The van der Waals surface area contributed by atoms with E-state index in [1.54, 1.807) is 6.07 Å². The molecule has 38 heavy (non-hydrogen) atoms. The molecule has 0 saturated heterocycles. The van der Waals surface area contributed by atoms with Gasteiger partial charge in [-0.05, 0) is 69.4 Å². The highest BCUT2D eigenvalue weighted by Crippen LogP contribution is 2.49. The molecule has 1 aliphatic heterocycles. The fraction of sp³-hybridized carbons (Fsp3) is 0.387. The van der Waals surface area contributed by atoms with E-state index >= 15 is 0 Å². The largest absolute Gasteiger partial charge is 0.490 e. The quantitative estimate of drug-likeness (QED) is 0.529. The van der Waals surface area contributed by atoms with Crippen LogP contribution in [0.25, 0.3) is 0 Å². The zero-order valence-electron chi connectivity index (χ0n) is 22.3. The minimum atomic E-state index is -0.408. The van der Waals surface area contributed by atoms with Gasteiger partial charge >= 0.3 is 0 Å². The Kier molecular flexibility index (Phi) is 7.36. The van der Waals surface area contributed by atoms with Gasteiger partial charge < -0.3 is 19.7 Å². The number of ketones is 2. The Morgan fingerprint density at radius 1 is 0.895 bits per heavy atom.